The molecule has 0 aliphatic rings. The zero-order chi connectivity index (χ0) is 14.0. The van der Waals surface area contributed by atoms with Gasteiger partial charge in [-0.3, -0.25) is 0 Å². The Labute approximate surface area is 119 Å². The third-order valence-corrected chi connectivity index (χ3v) is 4.05. The first-order chi connectivity index (χ1) is 8.86. The Kier molecular flexibility index (Phi) is 3.86. The third-order valence-electron chi connectivity index (χ3n) is 2.35. The molecule has 0 unspecified atom stereocenters. The number of nitrogens with zero attached hydrogens (tertiary/aromatic N) is 3. The molecule has 5 nitrogen and oxygen atoms in total. The molecule has 0 bridgehead atoms. The van der Waals surface area contributed by atoms with Crippen LogP contribution in [-0.2, 0) is 5.41 Å². The first-order valence-electron chi connectivity index (χ1n) is 5.56. The Hall–Kier alpha value is -1.47. The lowest BCUT2D eigenvalue weighted by Gasteiger charge is -2.18. The Morgan fingerprint density at radius 3 is 2.63 bits per heavy atom. The van der Waals surface area contributed by atoms with Crippen LogP contribution in [0.15, 0.2) is 27.0 Å². The van der Waals surface area contributed by atoms with Crippen LogP contribution in [0.5, 0.6) is 0 Å². The first-order valence-corrected chi connectivity index (χ1v) is 7.26. The number of carbonyl (C=O) groups is 1. The van der Waals surface area contributed by atoms with E-state index in [1.54, 1.807) is 17.6 Å². The van der Waals surface area contributed by atoms with Gasteiger partial charge in [0.25, 0.3) is 0 Å². The van der Waals surface area contributed by atoms with Gasteiger partial charge in [0.05, 0.1) is 5.56 Å². The summed E-state index contributed by atoms with van der Waals surface area (Å²) in [7, 11) is 0. The normalized spacial score (nSPS) is 11.5. The van der Waals surface area contributed by atoms with Crippen molar-refractivity contribution in [1.29, 1.82) is 0 Å². The highest BCUT2D eigenvalue weighted by molar-refractivity contribution is 8.00. The predicted octanol–water partition coefficient (Wildman–Crippen LogP) is 3.08. The van der Waals surface area contributed by atoms with Gasteiger partial charge in [0, 0.05) is 11.1 Å². The van der Waals surface area contributed by atoms with Gasteiger partial charge in [-0.1, -0.05) is 32.1 Å². The summed E-state index contributed by atoms with van der Waals surface area (Å²) < 4.78 is 0.745. The number of aromatic carboxylic acids is 1. The van der Waals surface area contributed by atoms with E-state index >= 15 is 0 Å². The average molecular weight is 295 g/mol. The molecule has 0 fully saturated rings. The number of pyridine rings is 1. The minimum absolute atomic E-state index is 0.206. The number of carboxylic acids is 1. The maximum absolute atomic E-state index is 11.2. The van der Waals surface area contributed by atoms with E-state index in [-0.39, 0.29) is 11.0 Å². The first kappa shape index (κ1) is 14.0. The highest BCUT2D eigenvalue weighted by atomic mass is 32.2. The number of hydrogen-bond donors (Lipinski definition) is 1. The summed E-state index contributed by atoms with van der Waals surface area (Å²) in [4.78, 5) is 15.7. The van der Waals surface area contributed by atoms with E-state index < -0.39 is 5.97 Å². The minimum atomic E-state index is -0.952. The topological polar surface area (TPSA) is 76.0 Å². The van der Waals surface area contributed by atoms with Crippen LogP contribution in [0.3, 0.4) is 0 Å². The van der Waals surface area contributed by atoms with Gasteiger partial charge in [-0.05, 0) is 23.9 Å². The minimum Gasteiger partial charge on any atom is -0.478 e. The SMILES string of the molecule is CC(C)(C)c1cc(C(=O)O)cc(Sc2nncs2)n1. The van der Waals surface area contributed by atoms with Gasteiger partial charge in [-0.25, -0.2) is 9.78 Å². The third kappa shape index (κ3) is 3.51. The quantitative estimate of drug-likeness (QED) is 0.937. The number of aromatic nitrogens is 3. The fourth-order valence-electron chi connectivity index (χ4n) is 1.36. The standard InChI is InChI=1S/C12H13N3O2S2/c1-12(2,3)8-4-7(10(16)17)5-9(14-8)19-11-15-13-6-18-11/h4-6H,1-3H3,(H,16,17). The summed E-state index contributed by atoms with van der Waals surface area (Å²) >= 11 is 2.73. The van der Waals surface area contributed by atoms with Crippen molar-refractivity contribution in [3.05, 3.63) is 28.9 Å². The van der Waals surface area contributed by atoms with Crippen molar-refractivity contribution in [1.82, 2.24) is 15.2 Å². The summed E-state index contributed by atoms with van der Waals surface area (Å²) in [6.07, 6.45) is 0. The fourth-order valence-corrected chi connectivity index (χ4v) is 2.82. The maximum atomic E-state index is 11.2. The van der Waals surface area contributed by atoms with Crippen molar-refractivity contribution in [3.8, 4) is 0 Å². The lowest BCUT2D eigenvalue weighted by Crippen LogP contribution is -2.15. The molecule has 2 heterocycles. The number of hydrogen-bond acceptors (Lipinski definition) is 6. The van der Waals surface area contributed by atoms with Crippen molar-refractivity contribution in [3.63, 3.8) is 0 Å². The molecule has 0 radical (unpaired) electrons. The van der Waals surface area contributed by atoms with Crippen LogP contribution in [-0.4, -0.2) is 26.3 Å². The second-order valence-electron chi connectivity index (χ2n) is 4.94. The highest BCUT2D eigenvalue weighted by Gasteiger charge is 2.19. The van der Waals surface area contributed by atoms with E-state index in [1.807, 2.05) is 20.8 Å². The summed E-state index contributed by atoms with van der Waals surface area (Å²) in [5.41, 5.74) is 2.42. The second kappa shape index (κ2) is 5.26. The molecule has 0 aliphatic carbocycles. The highest BCUT2D eigenvalue weighted by Crippen LogP contribution is 2.30. The summed E-state index contributed by atoms with van der Waals surface area (Å²) in [5.74, 6) is -0.952. The Balaban J connectivity index is 2.42. The fraction of sp³-hybridized carbons (Fsp3) is 0.333. The van der Waals surface area contributed by atoms with E-state index in [9.17, 15) is 4.79 Å². The van der Waals surface area contributed by atoms with Gasteiger partial charge < -0.3 is 5.11 Å². The lowest BCUT2D eigenvalue weighted by molar-refractivity contribution is 0.0696. The molecule has 1 N–H and O–H groups in total. The smallest absolute Gasteiger partial charge is 0.335 e. The van der Waals surface area contributed by atoms with Gasteiger partial charge in [0.1, 0.15) is 10.5 Å². The van der Waals surface area contributed by atoms with Crippen molar-refractivity contribution in [2.75, 3.05) is 0 Å². The summed E-state index contributed by atoms with van der Waals surface area (Å²) in [6.45, 7) is 6.00. The van der Waals surface area contributed by atoms with Gasteiger partial charge >= 0.3 is 5.97 Å². The lowest BCUT2D eigenvalue weighted by atomic mass is 9.91. The van der Waals surface area contributed by atoms with Gasteiger partial charge in [0.15, 0.2) is 4.34 Å². The Morgan fingerprint density at radius 1 is 1.37 bits per heavy atom. The van der Waals surface area contributed by atoms with Crippen LogP contribution in [0.2, 0.25) is 0 Å². The van der Waals surface area contributed by atoms with Crippen molar-refractivity contribution >= 4 is 29.1 Å². The largest absolute Gasteiger partial charge is 0.478 e. The molecule has 19 heavy (non-hydrogen) atoms. The van der Waals surface area contributed by atoms with Crippen LogP contribution in [0.4, 0.5) is 0 Å². The van der Waals surface area contributed by atoms with Crippen LogP contribution in [0.25, 0.3) is 0 Å². The van der Waals surface area contributed by atoms with E-state index in [0.717, 1.165) is 10.0 Å². The summed E-state index contributed by atoms with van der Waals surface area (Å²) in [5, 5.41) is 17.5. The van der Waals surface area contributed by atoms with Crippen LogP contribution in [0, 0.1) is 0 Å². The van der Waals surface area contributed by atoms with E-state index in [1.165, 1.54) is 23.1 Å². The van der Waals surface area contributed by atoms with Gasteiger partial charge in [0.2, 0.25) is 0 Å². The van der Waals surface area contributed by atoms with Gasteiger partial charge in [-0.2, -0.15) is 0 Å². The van der Waals surface area contributed by atoms with Crippen molar-refractivity contribution in [2.45, 2.75) is 35.6 Å². The molecule has 7 heteroatoms. The van der Waals surface area contributed by atoms with Crippen molar-refractivity contribution in [2.24, 2.45) is 0 Å². The molecular weight excluding hydrogens is 282 g/mol. The molecule has 0 amide bonds. The zero-order valence-electron chi connectivity index (χ0n) is 10.7. The maximum Gasteiger partial charge on any atom is 0.335 e. The van der Waals surface area contributed by atoms with Gasteiger partial charge in [-0.15, -0.1) is 10.2 Å². The molecular formula is C12H13N3O2S2. The molecule has 0 spiro atoms. The molecule has 0 saturated heterocycles. The van der Waals surface area contributed by atoms with Crippen LogP contribution in [0.1, 0.15) is 36.8 Å². The predicted molar refractivity (Wildman–Crippen MR) is 73.9 cm³/mol. The Bertz CT molecular complexity index is 592. The monoisotopic (exact) mass is 295 g/mol. The molecule has 2 rings (SSSR count). The van der Waals surface area contributed by atoms with E-state index in [2.05, 4.69) is 15.2 Å². The molecule has 0 atom stereocenters. The molecule has 2 aromatic heterocycles. The zero-order valence-corrected chi connectivity index (χ0v) is 12.4. The Morgan fingerprint density at radius 2 is 2.11 bits per heavy atom. The number of rotatable bonds is 3. The van der Waals surface area contributed by atoms with Crippen LogP contribution < -0.4 is 0 Å². The van der Waals surface area contributed by atoms with E-state index in [4.69, 9.17) is 5.11 Å². The van der Waals surface area contributed by atoms with E-state index in [0.29, 0.717) is 5.03 Å². The molecule has 0 aliphatic heterocycles. The molecule has 100 valence electrons. The number of carboxylic acid groups (broad SMARTS) is 1. The summed E-state index contributed by atoms with van der Waals surface area (Å²) in [6, 6.07) is 3.18. The van der Waals surface area contributed by atoms with Crippen molar-refractivity contribution < 1.29 is 9.90 Å². The second-order valence-corrected chi connectivity index (χ2v) is 7.04. The van der Waals surface area contributed by atoms with Crippen LogP contribution >= 0.6 is 23.1 Å². The average Bonchev–Trinajstić information content (AvgIpc) is 2.80. The molecule has 0 saturated carbocycles. The molecule has 2 aromatic rings. The molecule has 0 aromatic carbocycles.